The van der Waals surface area contributed by atoms with Gasteiger partial charge in [-0.2, -0.15) is 5.10 Å². The Bertz CT molecular complexity index is 484. The van der Waals surface area contributed by atoms with Gasteiger partial charge in [-0.3, -0.25) is 4.68 Å². The first-order valence-electron chi connectivity index (χ1n) is 4.28. The van der Waals surface area contributed by atoms with Gasteiger partial charge in [-0.25, -0.2) is 4.39 Å². The Morgan fingerprint density at radius 3 is 2.87 bits per heavy atom. The molecule has 78 valence electrons. The number of halogens is 3. The van der Waals surface area contributed by atoms with E-state index in [1.807, 2.05) is 12.3 Å². The predicted molar refractivity (Wildman–Crippen MR) is 65.5 cm³/mol. The smallest absolute Gasteiger partial charge is 0.123 e. The molecule has 0 unspecified atom stereocenters. The number of rotatable bonds is 2. The van der Waals surface area contributed by atoms with Gasteiger partial charge in [-0.15, -0.1) is 0 Å². The summed E-state index contributed by atoms with van der Waals surface area (Å²) in [5, 5.41) is 4.76. The first-order valence-corrected chi connectivity index (χ1v) is 5.74. The summed E-state index contributed by atoms with van der Waals surface area (Å²) in [5.74, 6) is -0.281. The highest BCUT2D eigenvalue weighted by Gasteiger charge is 2.03. The monoisotopic (exact) mass is 336 g/mol. The van der Waals surface area contributed by atoms with Gasteiger partial charge in [0.2, 0.25) is 0 Å². The molecule has 2 aromatic rings. The Labute approximate surface area is 105 Å². The quantitative estimate of drug-likeness (QED) is 0.769. The maximum Gasteiger partial charge on any atom is 0.123 e. The van der Waals surface area contributed by atoms with E-state index in [0.29, 0.717) is 11.6 Å². The molecule has 0 saturated carbocycles. The van der Waals surface area contributed by atoms with Crippen molar-refractivity contribution in [2.75, 3.05) is 0 Å². The molecule has 0 aliphatic rings. The van der Waals surface area contributed by atoms with Crippen LogP contribution >= 0.6 is 34.2 Å². The minimum absolute atomic E-state index is 0.281. The lowest BCUT2D eigenvalue weighted by molar-refractivity contribution is 0.619. The van der Waals surface area contributed by atoms with Crippen molar-refractivity contribution in [3.05, 3.63) is 50.6 Å². The molecule has 15 heavy (non-hydrogen) atoms. The summed E-state index contributed by atoms with van der Waals surface area (Å²) in [6.07, 6.45) is 1.84. The number of nitrogens with zero attached hydrogens (tertiary/aromatic N) is 2. The van der Waals surface area contributed by atoms with E-state index in [1.165, 1.54) is 12.1 Å². The van der Waals surface area contributed by atoms with Crippen LogP contribution in [0.15, 0.2) is 30.5 Å². The molecule has 0 atom stereocenters. The zero-order valence-electron chi connectivity index (χ0n) is 7.62. The maximum absolute atomic E-state index is 13.0. The lowest BCUT2D eigenvalue weighted by Gasteiger charge is -2.04. The Kier molecular flexibility index (Phi) is 3.25. The average Bonchev–Trinajstić information content (AvgIpc) is 2.58. The van der Waals surface area contributed by atoms with E-state index in [-0.39, 0.29) is 5.82 Å². The van der Waals surface area contributed by atoms with Gasteiger partial charge in [0.25, 0.3) is 0 Å². The van der Waals surface area contributed by atoms with Gasteiger partial charge < -0.3 is 0 Å². The third-order valence-corrected chi connectivity index (χ3v) is 2.89. The summed E-state index contributed by atoms with van der Waals surface area (Å²) in [7, 11) is 0. The molecule has 0 aliphatic heterocycles. The second kappa shape index (κ2) is 4.49. The highest BCUT2D eigenvalue weighted by Crippen LogP contribution is 2.18. The molecule has 1 aromatic carbocycles. The van der Waals surface area contributed by atoms with Crippen LogP contribution in [0, 0.1) is 9.52 Å². The van der Waals surface area contributed by atoms with Crippen molar-refractivity contribution in [3.8, 4) is 0 Å². The molecule has 0 spiro atoms. The summed E-state index contributed by atoms with van der Waals surface area (Å²) in [6, 6.07) is 6.21. The first kappa shape index (κ1) is 10.9. The minimum atomic E-state index is -0.281. The molecule has 0 saturated heterocycles. The molecule has 0 fully saturated rings. The molecule has 5 heteroatoms. The van der Waals surface area contributed by atoms with Crippen LogP contribution in [0.5, 0.6) is 0 Å². The number of aromatic nitrogens is 2. The van der Waals surface area contributed by atoms with Gasteiger partial charge in [-0.05, 0) is 52.4 Å². The van der Waals surface area contributed by atoms with E-state index in [2.05, 4.69) is 27.7 Å². The largest absolute Gasteiger partial charge is 0.267 e. The molecule has 1 heterocycles. The molecule has 2 nitrogen and oxygen atoms in total. The van der Waals surface area contributed by atoms with Crippen LogP contribution in [0.4, 0.5) is 4.39 Å². The summed E-state index contributed by atoms with van der Waals surface area (Å²) >= 11 is 8.06. The van der Waals surface area contributed by atoms with Crippen molar-refractivity contribution in [2.45, 2.75) is 6.54 Å². The molecule has 0 radical (unpaired) electrons. The highest BCUT2D eigenvalue weighted by atomic mass is 127. The van der Waals surface area contributed by atoms with E-state index in [4.69, 9.17) is 11.6 Å². The zero-order valence-corrected chi connectivity index (χ0v) is 10.5. The van der Waals surface area contributed by atoms with Crippen molar-refractivity contribution in [1.29, 1.82) is 0 Å². The van der Waals surface area contributed by atoms with Crippen LogP contribution in [0.3, 0.4) is 0 Å². The number of hydrogen-bond donors (Lipinski definition) is 0. The fraction of sp³-hybridized carbons (Fsp3) is 0.100. The number of benzene rings is 1. The SMILES string of the molecule is Fc1ccc(Cl)c(Cn2ccc(I)n2)c1. The zero-order chi connectivity index (χ0) is 10.8. The highest BCUT2D eigenvalue weighted by molar-refractivity contribution is 14.1. The van der Waals surface area contributed by atoms with Crippen LogP contribution in [-0.2, 0) is 6.54 Å². The molecule has 0 amide bonds. The maximum atomic E-state index is 13.0. The fourth-order valence-electron chi connectivity index (χ4n) is 1.26. The average molecular weight is 337 g/mol. The molecule has 0 N–H and O–H groups in total. The summed E-state index contributed by atoms with van der Waals surface area (Å²) in [5.41, 5.74) is 0.733. The summed E-state index contributed by atoms with van der Waals surface area (Å²) in [6.45, 7) is 0.486. The van der Waals surface area contributed by atoms with E-state index < -0.39 is 0 Å². The van der Waals surface area contributed by atoms with Crippen LogP contribution < -0.4 is 0 Å². The normalized spacial score (nSPS) is 10.6. The van der Waals surface area contributed by atoms with Crippen molar-refractivity contribution in [2.24, 2.45) is 0 Å². The van der Waals surface area contributed by atoms with Crippen molar-refractivity contribution < 1.29 is 4.39 Å². The minimum Gasteiger partial charge on any atom is -0.267 e. The lowest BCUT2D eigenvalue weighted by Crippen LogP contribution is -2.01. The van der Waals surface area contributed by atoms with Crippen LogP contribution in [0.1, 0.15) is 5.56 Å². The van der Waals surface area contributed by atoms with Crippen LogP contribution in [0.25, 0.3) is 0 Å². The van der Waals surface area contributed by atoms with Gasteiger partial charge in [-0.1, -0.05) is 11.6 Å². The van der Waals surface area contributed by atoms with Gasteiger partial charge in [0.1, 0.15) is 9.52 Å². The van der Waals surface area contributed by atoms with Gasteiger partial charge >= 0.3 is 0 Å². The van der Waals surface area contributed by atoms with Gasteiger partial charge in [0, 0.05) is 11.2 Å². The second-order valence-corrected chi connectivity index (χ2v) is 4.58. The summed E-state index contributed by atoms with van der Waals surface area (Å²) in [4.78, 5) is 0. The van der Waals surface area contributed by atoms with Crippen molar-refractivity contribution in [3.63, 3.8) is 0 Å². The van der Waals surface area contributed by atoms with Gasteiger partial charge in [0.05, 0.1) is 6.54 Å². The molecule has 2 rings (SSSR count). The number of hydrogen-bond acceptors (Lipinski definition) is 1. The second-order valence-electron chi connectivity index (χ2n) is 3.07. The van der Waals surface area contributed by atoms with E-state index in [0.717, 1.165) is 9.26 Å². The van der Waals surface area contributed by atoms with Crippen LogP contribution in [-0.4, -0.2) is 9.78 Å². The molecular weight excluding hydrogens is 329 g/mol. The summed E-state index contributed by atoms with van der Waals surface area (Å²) < 4.78 is 15.6. The molecule has 1 aromatic heterocycles. The standard InChI is InChI=1S/C10H7ClFIN2/c11-9-2-1-8(12)5-7(9)6-15-4-3-10(13)14-15/h1-5H,6H2. The first-order chi connectivity index (χ1) is 7.15. The Morgan fingerprint density at radius 2 is 2.20 bits per heavy atom. The Hall–Kier alpha value is -0.620. The Balaban J connectivity index is 2.27. The Morgan fingerprint density at radius 1 is 1.40 bits per heavy atom. The van der Waals surface area contributed by atoms with E-state index >= 15 is 0 Å². The van der Waals surface area contributed by atoms with Crippen molar-refractivity contribution >= 4 is 34.2 Å². The van der Waals surface area contributed by atoms with Gasteiger partial charge in [0.15, 0.2) is 0 Å². The molecule has 0 bridgehead atoms. The third-order valence-electron chi connectivity index (χ3n) is 1.95. The fourth-order valence-corrected chi connectivity index (χ4v) is 1.88. The topological polar surface area (TPSA) is 17.8 Å². The van der Waals surface area contributed by atoms with E-state index in [9.17, 15) is 4.39 Å². The van der Waals surface area contributed by atoms with Crippen LogP contribution in [0.2, 0.25) is 5.02 Å². The molecule has 0 aliphatic carbocycles. The predicted octanol–water partition coefficient (Wildman–Crippen LogP) is 3.33. The van der Waals surface area contributed by atoms with E-state index in [1.54, 1.807) is 10.7 Å². The lowest BCUT2D eigenvalue weighted by atomic mass is 10.2. The molecular formula is C10H7ClFIN2. The third kappa shape index (κ3) is 2.69. The van der Waals surface area contributed by atoms with Crippen molar-refractivity contribution in [1.82, 2.24) is 9.78 Å².